The molecule has 1 amide bonds. The minimum absolute atomic E-state index is 0.0656. The highest BCUT2D eigenvalue weighted by Crippen LogP contribution is 2.70. The van der Waals surface area contributed by atoms with E-state index >= 15 is 0 Å². The second kappa shape index (κ2) is 9.46. The van der Waals surface area contributed by atoms with E-state index in [1.54, 1.807) is 24.6 Å². The highest BCUT2D eigenvalue weighted by atomic mass is 79.9. The molecule has 2 heterocycles. The fourth-order valence-electron chi connectivity index (χ4n) is 9.17. The summed E-state index contributed by atoms with van der Waals surface area (Å²) in [5.41, 5.74) is 0.608. The lowest BCUT2D eigenvalue weighted by atomic mass is 9.41. The van der Waals surface area contributed by atoms with E-state index in [1.165, 1.54) is 6.20 Å². The third-order valence-corrected chi connectivity index (χ3v) is 11.5. The van der Waals surface area contributed by atoms with Crippen molar-refractivity contribution in [3.05, 3.63) is 40.1 Å². The number of hydrogen-bond donors (Lipinski definition) is 4. The Morgan fingerprint density at radius 2 is 1.95 bits per heavy atom. The zero-order valence-electron chi connectivity index (χ0n) is 22.1. The number of aliphatic hydroxyl groups is 3. The van der Waals surface area contributed by atoms with E-state index in [4.69, 9.17) is 4.74 Å². The van der Waals surface area contributed by atoms with Gasteiger partial charge >= 0.3 is 5.97 Å². The van der Waals surface area contributed by atoms with Crippen molar-refractivity contribution in [1.29, 1.82) is 0 Å². The normalized spacial score (nSPS) is 43.3. The van der Waals surface area contributed by atoms with Gasteiger partial charge in [0.05, 0.1) is 22.9 Å². The number of ether oxygens (including phenoxy) is 1. The highest BCUT2D eigenvalue weighted by molar-refractivity contribution is 9.10. The number of hydrazone groups is 1. The van der Waals surface area contributed by atoms with Crippen molar-refractivity contribution >= 4 is 34.0 Å². The maximum atomic E-state index is 12.8. The van der Waals surface area contributed by atoms with Crippen LogP contribution in [0.4, 0.5) is 0 Å². The van der Waals surface area contributed by atoms with Gasteiger partial charge in [0.25, 0.3) is 5.91 Å². The van der Waals surface area contributed by atoms with Crippen LogP contribution in [-0.4, -0.2) is 62.3 Å². The first-order chi connectivity index (χ1) is 18.5. The summed E-state index contributed by atoms with van der Waals surface area (Å²) >= 11 is 3.33. The monoisotopic (exact) mass is 601 g/mol. The molecule has 10 heteroatoms. The lowest BCUT2D eigenvalue weighted by Gasteiger charge is -2.65. The lowest BCUT2D eigenvalue weighted by molar-refractivity contribution is -0.237. The molecule has 9 nitrogen and oxygen atoms in total. The average Bonchev–Trinajstić information content (AvgIpc) is 3.43. The van der Waals surface area contributed by atoms with Crippen molar-refractivity contribution in [2.24, 2.45) is 33.7 Å². The third kappa shape index (κ3) is 4.04. The molecule has 1 aliphatic heterocycles. The smallest absolute Gasteiger partial charge is 0.331 e. The molecule has 0 radical (unpaired) electrons. The standard InChI is InChI=1S/C29H36BrN3O6/c1-26-6-3-22-23(29(26,38)9-5-21(26)18-11-24(35)39-15-18)4-8-28(37)12-20(34)2-7-27(22,28)16-32-33-25(36)17-10-19(30)14-31-13-17/h10-11,13-14,16,20-23,34,37-38H,2-9,12,15H2,1H3,(H,33,36)/b32-16+/t20-,21?,22+,23-,26?,27?,28?,29?/m1/s1. The molecular formula is C29H36BrN3O6. The van der Waals surface area contributed by atoms with Crippen LogP contribution in [0.2, 0.25) is 0 Å². The molecule has 8 atom stereocenters. The Balaban J connectivity index is 1.32. The quantitative estimate of drug-likeness (QED) is 0.236. The van der Waals surface area contributed by atoms with E-state index in [9.17, 15) is 24.9 Å². The van der Waals surface area contributed by atoms with Crippen LogP contribution >= 0.6 is 15.9 Å². The number of pyridine rings is 1. The number of carbonyl (C=O) groups is 2. The van der Waals surface area contributed by atoms with Gasteiger partial charge in [0.2, 0.25) is 0 Å². The Kier molecular flexibility index (Phi) is 6.56. The zero-order chi connectivity index (χ0) is 27.6. The van der Waals surface area contributed by atoms with Gasteiger partial charge in [-0.1, -0.05) is 6.92 Å². The molecule has 4 N–H and O–H groups in total. The van der Waals surface area contributed by atoms with Crippen molar-refractivity contribution in [3.8, 4) is 0 Å². The minimum Gasteiger partial charge on any atom is -0.458 e. The predicted octanol–water partition coefficient (Wildman–Crippen LogP) is 3.27. The largest absolute Gasteiger partial charge is 0.458 e. The van der Waals surface area contributed by atoms with E-state index < -0.39 is 34.0 Å². The summed E-state index contributed by atoms with van der Waals surface area (Å²) in [6.07, 6.45) is 11.1. The molecule has 1 aromatic rings. The van der Waals surface area contributed by atoms with Crippen LogP contribution in [0, 0.1) is 28.6 Å². The number of esters is 1. The van der Waals surface area contributed by atoms with Gasteiger partial charge in [-0.3, -0.25) is 9.78 Å². The van der Waals surface area contributed by atoms with E-state index in [2.05, 4.69) is 38.4 Å². The first-order valence-electron chi connectivity index (χ1n) is 14.0. The number of nitrogens with zero attached hydrogens (tertiary/aromatic N) is 2. The number of rotatable bonds is 4. The first-order valence-corrected chi connectivity index (χ1v) is 14.8. The van der Waals surface area contributed by atoms with E-state index in [-0.39, 0.29) is 30.1 Å². The number of nitrogens with one attached hydrogen (secondary N) is 1. The summed E-state index contributed by atoms with van der Waals surface area (Å²) in [5, 5.41) is 39.5. The molecular weight excluding hydrogens is 566 g/mol. The molecule has 4 fully saturated rings. The topological polar surface area (TPSA) is 141 Å². The fraction of sp³-hybridized carbons (Fsp3) is 0.655. The lowest BCUT2D eigenvalue weighted by Crippen LogP contribution is -2.68. The summed E-state index contributed by atoms with van der Waals surface area (Å²) in [6, 6.07) is 1.66. The molecule has 0 bridgehead atoms. The summed E-state index contributed by atoms with van der Waals surface area (Å²) in [6.45, 7) is 2.45. The van der Waals surface area contributed by atoms with Crippen molar-refractivity contribution < 1.29 is 29.6 Å². The number of amides is 1. The Labute approximate surface area is 236 Å². The maximum absolute atomic E-state index is 12.8. The molecule has 210 valence electrons. The molecule has 6 rings (SSSR count). The highest BCUT2D eigenvalue weighted by Gasteiger charge is 2.71. The summed E-state index contributed by atoms with van der Waals surface area (Å²) in [4.78, 5) is 28.6. The van der Waals surface area contributed by atoms with Gasteiger partial charge in [0, 0.05) is 46.4 Å². The predicted molar refractivity (Wildman–Crippen MR) is 145 cm³/mol. The van der Waals surface area contributed by atoms with Crippen LogP contribution in [0.25, 0.3) is 0 Å². The van der Waals surface area contributed by atoms with Gasteiger partial charge in [-0.25, -0.2) is 10.2 Å². The zero-order valence-corrected chi connectivity index (χ0v) is 23.7. The number of cyclic esters (lactones) is 1. The molecule has 4 aliphatic carbocycles. The number of aromatic nitrogens is 1. The van der Waals surface area contributed by atoms with Crippen LogP contribution in [0.1, 0.15) is 75.1 Å². The number of halogens is 1. The number of carbonyl (C=O) groups excluding carboxylic acids is 2. The second-order valence-electron chi connectivity index (χ2n) is 12.6. The van der Waals surface area contributed by atoms with Gasteiger partial charge in [0.15, 0.2) is 0 Å². The van der Waals surface area contributed by atoms with Gasteiger partial charge in [-0.15, -0.1) is 0 Å². The minimum atomic E-state index is -1.19. The Hall–Kier alpha value is -2.14. The number of fused-ring (bicyclic) bond motifs is 5. The number of aliphatic hydroxyl groups excluding tert-OH is 1. The van der Waals surface area contributed by atoms with Crippen LogP contribution in [0.15, 0.2) is 39.7 Å². The molecule has 0 aromatic carbocycles. The summed E-state index contributed by atoms with van der Waals surface area (Å²) in [5.74, 6) is -0.780. The van der Waals surface area contributed by atoms with Crippen LogP contribution < -0.4 is 5.43 Å². The SMILES string of the molecule is CC12CC[C@H]3[C@@H](CCC4(O)C[C@H](O)CCC34/C=N/NC(=O)c3cncc(Br)c3)C1(O)CCC2C1=CC(=O)OC1. The summed E-state index contributed by atoms with van der Waals surface area (Å²) in [7, 11) is 0. The Morgan fingerprint density at radius 3 is 2.69 bits per heavy atom. The van der Waals surface area contributed by atoms with Gasteiger partial charge in [-0.2, -0.15) is 5.10 Å². The van der Waals surface area contributed by atoms with Crippen molar-refractivity contribution in [2.75, 3.05) is 6.61 Å². The number of hydrogen-bond acceptors (Lipinski definition) is 8. The molecule has 1 aromatic heterocycles. The van der Waals surface area contributed by atoms with Crippen molar-refractivity contribution in [2.45, 2.75) is 82.0 Å². The van der Waals surface area contributed by atoms with E-state index in [0.29, 0.717) is 48.7 Å². The molecule has 39 heavy (non-hydrogen) atoms. The van der Waals surface area contributed by atoms with Gasteiger partial charge in [-0.05, 0) is 96.7 Å². The first kappa shape index (κ1) is 27.1. The molecule has 4 saturated carbocycles. The van der Waals surface area contributed by atoms with Crippen LogP contribution in [-0.2, 0) is 9.53 Å². The van der Waals surface area contributed by atoms with Crippen LogP contribution in [0.5, 0.6) is 0 Å². The maximum Gasteiger partial charge on any atom is 0.331 e. The fourth-order valence-corrected chi connectivity index (χ4v) is 9.53. The molecule has 5 aliphatic rings. The van der Waals surface area contributed by atoms with E-state index in [0.717, 1.165) is 24.8 Å². The molecule has 0 spiro atoms. The van der Waals surface area contributed by atoms with E-state index in [1.807, 2.05) is 0 Å². The van der Waals surface area contributed by atoms with Crippen molar-refractivity contribution in [1.82, 2.24) is 10.4 Å². The Bertz CT molecular complexity index is 1260. The third-order valence-electron chi connectivity index (χ3n) is 11.1. The Morgan fingerprint density at radius 1 is 1.15 bits per heavy atom. The van der Waals surface area contributed by atoms with Gasteiger partial charge in [0.1, 0.15) is 6.61 Å². The van der Waals surface area contributed by atoms with Gasteiger partial charge < -0.3 is 20.1 Å². The molecule has 0 saturated heterocycles. The average molecular weight is 603 g/mol. The second-order valence-corrected chi connectivity index (χ2v) is 13.5. The van der Waals surface area contributed by atoms with Crippen LogP contribution in [0.3, 0.4) is 0 Å². The molecule has 5 unspecified atom stereocenters. The summed E-state index contributed by atoms with van der Waals surface area (Å²) < 4.78 is 5.91. The van der Waals surface area contributed by atoms with Crippen molar-refractivity contribution in [3.63, 3.8) is 0 Å².